The lowest BCUT2D eigenvalue weighted by atomic mass is 10.3. The molecule has 0 aliphatic carbocycles. The zero-order chi connectivity index (χ0) is 21.5. The van der Waals surface area contributed by atoms with E-state index in [1.807, 2.05) is 0 Å². The molecule has 1 aromatic carbocycles. The van der Waals surface area contributed by atoms with Crippen molar-refractivity contribution in [3.05, 3.63) is 29.1 Å². The quantitative estimate of drug-likeness (QED) is 0.549. The second-order valence-corrected chi connectivity index (χ2v) is 10.5. The smallest absolute Gasteiger partial charge is 0.277 e. The van der Waals surface area contributed by atoms with E-state index in [1.165, 1.54) is 41.9 Å². The number of anilines is 1. The first kappa shape index (κ1) is 20.9. The molecule has 3 aromatic rings. The summed E-state index contributed by atoms with van der Waals surface area (Å²) in [5, 5.41) is 0.900. The monoisotopic (exact) mass is 467 g/mol. The number of sulfonamides is 1. The summed E-state index contributed by atoms with van der Waals surface area (Å²) in [5.74, 6) is 0.250. The van der Waals surface area contributed by atoms with E-state index in [0.29, 0.717) is 29.6 Å². The summed E-state index contributed by atoms with van der Waals surface area (Å²) < 4.78 is 38.5. The number of hydrogen-bond acceptors (Lipinski definition) is 9. The zero-order valence-electron chi connectivity index (χ0n) is 16.7. The van der Waals surface area contributed by atoms with Crippen LogP contribution in [0.1, 0.15) is 23.5 Å². The Kier molecular flexibility index (Phi) is 5.60. The molecule has 4 rings (SSSR count). The molecule has 0 atom stereocenters. The molecular weight excluding hydrogens is 446 g/mol. The largest absolute Gasteiger partial charge is 0.486 e. The van der Waals surface area contributed by atoms with Crippen molar-refractivity contribution in [2.45, 2.75) is 18.7 Å². The van der Waals surface area contributed by atoms with Crippen LogP contribution in [-0.4, -0.2) is 57.0 Å². The number of benzene rings is 1. The minimum atomic E-state index is -4.04. The van der Waals surface area contributed by atoms with Gasteiger partial charge in [-0.1, -0.05) is 11.3 Å². The van der Waals surface area contributed by atoms with Crippen molar-refractivity contribution in [2.75, 3.05) is 38.3 Å². The van der Waals surface area contributed by atoms with Gasteiger partial charge in [0, 0.05) is 26.2 Å². The van der Waals surface area contributed by atoms with Crippen molar-refractivity contribution in [1.82, 2.24) is 9.29 Å². The molecule has 2 aromatic heterocycles. The Hall–Kier alpha value is -2.37. The number of carbonyl (C=O) groups excluding carboxylic acids is 1. The number of nitrogens with zero attached hydrogens (tertiary/aromatic N) is 3. The molecule has 0 radical (unpaired) electrons. The molecule has 3 heterocycles. The molecule has 0 unspecified atom stereocenters. The van der Waals surface area contributed by atoms with Crippen LogP contribution in [0.3, 0.4) is 0 Å². The second kappa shape index (κ2) is 8.05. The molecule has 1 amide bonds. The van der Waals surface area contributed by atoms with Gasteiger partial charge in [-0.05, 0) is 32.0 Å². The highest BCUT2D eigenvalue weighted by atomic mass is 32.2. The first-order valence-corrected chi connectivity index (χ1v) is 12.5. The fraction of sp³-hybridized carbons (Fsp3) is 0.368. The lowest BCUT2D eigenvalue weighted by Gasteiger charge is -2.21. The standard InChI is InChI=1S/C19H21N3O5S3/c1-4-22(5-2)19-20-17-15(29-19)11-16(28-17)18(23)21(3)30(24,25)12-6-7-13-14(10-12)27-9-8-26-13/h6-7,10-11H,4-5,8-9H2,1-3H3. The van der Waals surface area contributed by atoms with Gasteiger partial charge in [0.05, 0.1) is 14.5 Å². The van der Waals surface area contributed by atoms with Gasteiger partial charge in [-0.3, -0.25) is 4.79 Å². The van der Waals surface area contributed by atoms with Gasteiger partial charge >= 0.3 is 0 Å². The zero-order valence-corrected chi connectivity index (χ0v) is 19.2. The van der Waals surface area contributed by atoms with E-state index in [9.17, 15) is 13.2 Å². The molecule has 160 valence electrons. The van der Waals surface area contributed by atoms with Gasteiger partial charge in [0.25, 0.3) is 15.9 Å². The third-order valence-corrected chi connectivity index (χ3v) is 8.73. The number of aromatic nitrogens is 1. The Morgan fingerprint density at radius 2 is 1.80 bits per heavy atom. The van der Waals surface area contributed by atoms with E-state index in [4.69, 9.17) is 9.47 Å². The minimum Gasteiger partial charge on any atom is -0.486 e. The molecule has 0 saturated carbocycles. The lowest BCUT2D eigenvalue weighted by molar-refractivity contribution is 0.0887. The normalized spacial score (nSPS) is 13.4. The first-order chi connectivity index (χ1) is 14.3. The van der Waals surface area contributed by atoms with E-state index in [0.717, 1.165) is 32.1 Å². The molecule has 0 fully saturated rings. The summed E-state index contributed by atoms with van der Waals surface area (Å²) in [6.45, 7) is 6.58. The van der Waals surface area contributed by atoms with Crippen molar-refractivity contribution in [2.24, 2.45) is 0 Å². The average molecular weight is 468 g/mol. The van der Waals surface area contributed by atoms with Crippen LogP contribution in [0.5, 0.6) is 11.5 Å². The van der Waals surface area contributed by atoms with Crippen LogP contribution in [0.2, 0.25) is 0 Å². The highest BCUT2D eigenvalue weighted by Crippen LogP contribution is 2.36. The number of amides is 1. The first-order valence-electron chi connectivity index (χ1n) is 9.43. The number of carbonyl (C=O) groups is 1. The average Bonchev–Trinajstić information content (AvgIpc) is 3.32. The molecule has 0 bridgehead atoms. The molecule has 0 spiro atoms. The van der Waals surface area contributed by atoms with E-state index in [2.05, 4.69) is 23.7 Å². The van der Waals surface area contributed by atoms with Gasteiger partial charge in [0.1, 0.15) is 18.0 Å². The van der Waals surface area contributed by atoms with Gasteiger partial charge in [0.15, 0.2) is 16.6 Å². The summed E-state index contributed by atoms with van der Waals surface area (Å²) in [6, 6.07) is 6.05. The van der Waals surface area contributed by atoms with Crippen molar-refractivity contribution in [1.29, 1.82) is 0 Å². The fourth-order valence-corrected chi connectivity index (χ4v) is 6.57. The van der Waals surface area contributed by atoms with Crippen LogP contribution in [0.25, 0.3) is 9.53 Å². The van der Waals surface area contributed by atoms with Crippen molar-refractivity contribution in [3.8, 4) is 11.5 Å². The molecule has 1 aliphatic rings. The molecule has 0 saturated heterocycles. The van der Waals surface area contributed by atoms with Crippen LogP contribution in [0.15, 0.2) is 29.2 Å². The number of thiophene rings is 1. The number of fused-ring (bicyclic) bond motifs is 2. The summed E-state index contributed by atoms with van der Waals surface area (Å²) in [6.07, 6.45) is 0. The molecule has 8 nitrogen and oxygen atoms in total. The lowest BCUT2D eigenvalue weighted by Crippen LogP contribution is -2.32. The minimum absolute atomic E-state index is 0.0251. The van der Waals surface area contributed by atoms with Crippen LogP contribution in [0, 0.1) is 0 Å². The van der Waals surface area contributed by atoms with Gasteiger partial charge in [-0.25, -0.2) is 17.7 Å². The summed E-state index contributed by atoms with van der Waals surface area (Å²) in [4.78, 5) is 20.7. The number of hydrogen-bond donors (Lipinski definition) is 0. The molecule has 11 heteroatoms. The third kappa shape index (κ3) is 3.61. The Bertz CT molecular complexity index is 1170. The summed E-state index contributed by atoms with van der Waals surface area (Å²) in [5.41, 5.74) is 0. The number of rotatable bonds is 6. The van der Waals surface area contributed by atoms with Crippen molar-refractivity contribution in [3.63, 3.8) is 0 Å². The predicted molar refractivity (Wildman–Crippen MR) is 118 cm³/mol. The topological polar surface area (TPSA) is 89.0 Å². The van der Waals surface area contributed by atoms with Gasteiger partial charge in [-0.15, -0.1) is 11.3 Å². The van der Waals surface area contributed by atoms with Gasteiger partial charge in [-0.2, -0.15) is 0 Å². The maximum absolute atomic E-state index is 13.0. The molecule has 0 N–H and O–H groups in total. The molecular formula is C19H21N3O5S3. The summed E-state index contributed by atoms with van der Waals surface area (Å²) >= 11 is 2.70. The number of thiazole rings is 1. The van der Waals surface area contributed by atoms with Gasteiger partial charge in [0.2, 0.25) is 0 Å². The third-order valence-electron chi connectivity index (χ3n) is 4.78. The predicted octanol–water partition coefficient (Wildman–Crippen LogP) is 3.44. The molecule has 30 heavy (non-hydrogen) atoms. The SMILES string of the molecule is CCN(CC)c1nc2sc(C(=O)N(C)S(=O)(=O)c3ccc4c(c3)OCCO4)cc2s1. The van der Waals surface area contributed by atoms with E-state index in [1.54, 1.807) is 12.1 Å². The van der Waals surface area contributed by atoms with Crippen molar-refractivity contribution >= 4 is 53.3 Å². The maximum Gasteiger partial charge on any atom is 0.277 e. The number of ether oxygens (including phenoxy) is 2. The Morgan fingerprint density at radius 1 is 1.10 bits per heavy atom. The van der Waals surface area contributed by atoms with Crippen LogP contribution < -0.4 is 14.4 Å². The Morgan fingerprint density at radius 3 is 2.47 bits per heavy atom. The van der Waals surface area contributed by atoms with Crippen LogP contribution in [0.4, 0.5) is 5.13 Å². The fourth-order valence-electron chi connectivity index (χ4n) is 3.07. The Balaban J connectivity index is 1.60. The highest BCUT2D eigenvalue weighted by molar-refractivity contribution is 7.89. The highest BCUT2D eigenvalue weighted by Gasteiger charge is 2.29. The van der Waals surface area contributed by atoms with E-state index in [-0.39, 0.29) is 4.90 Å². The van der Waals surface area contributed by atoms with Crippen LogP contribution >= 0.6 is 22.7 Å². The maximum atomic E-state index is 13.0. The Labute approximate surface area is 182 Å². The van der Waals surface area contributed by atoms with Crippen LogP contribution in [-0.2, 0) is 10.0 Å². The molecule has 1 aliphatic heterocycles. The summed E-state index contributed by atoms with van der Waals surface area (Å²) in [7, 11) is -2.78. The van der Waals surface area contributed by atoms with Crippen molar-refractivity contribution < 1.29 is 22.7 Å². The van der Waals surface area contributed by atoms with E-state index < -0.39 is 15.9 Å². The van der Waals surface area contributed by atoms with Gasteiger partial charge < -0.3 is 14.4 Å². The second-order valence-electron chi connectivity index (χ2n) is 6.53. The van der Waals surface area contributed by atoms with E-state index >= 15 is 0 Å².